The third-order valence-electron chi connectivity index (χ3n) is 6.02. The Morgan fingerprint density at radius 2 is 2.19 bits per heavy atom. The predicted molar refractivity (Wildman–Crippen MR) is 95.3 cm³/mol. The molecule has 0 spiro atoms. The summed E-state index contributed by atoms with van der Waals surface area (Å²) in [5, 5.41) is 20.7. The van der Waals surface area contributed by atoms with Crippen LogP contribution in [0.5, 0.6) is 0 Å². The zero-order chi connectivity index (χ0) is 20.0. The summed E-state index contributed by atoms with van der Waals surface area (Å²) >= 11 is 0. The van der Waals surface area contributed by atoms with Crippen molar-refractivity contribution >= 4 is 11.9 Å². The first-order valence-electron chi connectivity index (χ1n) is 9.47. The maximum absolute atomic E-state index is 12.5. The summed E-state index contributed by atoms with van der Waals surface area (Å²) in [4.78, 5) is 24.6. The summed E-state index contributed by atoms with van der Waals surface area (Å²) in [7, 11) is 0. The topological polar surface area (TPSA) is 102 Å². The molecule has 3 aliphatic heterocycles. The average Bonchev–Trinajstić information content (AvgIpc) is 3.08. The van der Waals surface area contributed by atoms with E-state index in [0.717, 1.165) is 0 Å². The molecule has 0 aromatic carbocycles. The van der Waals surface area contributed by atoms with Gasteiger partial charge in [-0.05, 0) is 25.8 Å². The molecule has 3 aliphatic rings. The maximum Gasteiger partial charge on any atom is 0.334 e. The molecule has 2 saturated heterocycles. The van der Waals surface area contributed by atoms with Crippen LogP contribution in [0.4, 0.5) is 0 Å². The minimum Gasteiger partial charge on any atom is -0.461 e. The summed E-state index contributed by atoms with van der Waals surface area (Å²) in [6, 6.07) is 0. The number of fused-ring (bicyclic) bond motifs is 3. The molecule has 0 amide bonds. The third-order valence-corrected chi connectivity index (χ3v) is 6.02. The van der Waals surface area contributed by atoms with Gasteiger partial charge >= 0.3 is 11.9 Å². The van der Waals surface area contributed by atoms with Gasteiger partial charge in [-0.3, -0.25) is 4.79 Å². The van der Waals surface area contributed by atoms with E-state index >= 15 is 0 Å². The van der Waals surface area contributed by atoms with E-state index in [1.807, 2.05) is 13.8 Å². The number of esters is 2. The van der Waals surface area contributed by atoms with E-state index < -0.39 is 42.1 Å². The molecule has 3 heterocycles. The lowest BCUT2D eigenvalue weighted by molar-refractivity contribution is -0.206. The highest BCUT2D eigenvalue weighted by molar-refractivity contribution is 5.91. The monoisotopic (exact) mass is 380 g/mol. The largest absolute Gasteiger partial charge is 0.461 e. The molecule has 0 unspecified atom stereocenters. The van der Waals surface area contributed by atoms with Crippen molar-refractivity contribution in [1.29, 1.82) is 0 Å². The summed E-state index contributed by atoms with van der Waals surface area (Å²) in [6.45, 7) is 8.93. The van der Waals surface area contributed by atoms with Gasteiger partial charge in [0.05, 0.1) is 24.0 Å². The van der Waals surface area contributed by atoms with Crippen molar-refractivity contribution in [3.63, 3.8) is 0 Å². The maximum atomic E-state index is 12.5. The van der Waals surface area contributed by atoms with Crippen LogP contribution in [0.15, 0.2) is 23.8 Å². The van der Waals surface area contributed by atoms with Gasteiger partial charge in [-0.25, -0.2) is 4.79 Å². The first-order chi connectivity index (χ1) is 12.6. The molecule has 150 valence electrons. The number of hydrogen-bond donors (Lipinski definition) is 2. The Morgan fingerprint density at radius 3 is 2.81 bits per heavy atom. The number of carbonyl (C=O) groups excluding carboxylic acids is 2. The average molecular weight is 380 g/mol. The number of rotatable bonds is 4. The van der Waals surface area contributed by atoms with Crippen LogP contribution >= 0.6 is 0 Å². The van der Waals surface area contributed by atoms with Gasteiger partial charge in [0.15, 0.2) is 5.79 Å². The van der Waals surface area contributed by atoms with Crippen molar-refractivity contribution in [1.82, 2.24) is 0 Å². The van der Waals surface area contributed by atoms with Gasteiger partial charge in [0.2, 0.25) is 0 Å². The van der Waals surface area contributed by atoms with Gasteiger partial charge in [-0.15, -0.1) is 0 Å². The van der Waals surface area contributed by atoms with Gasteiger partial charge in [-0.2, -0.15) is 0 Å². The fraction of sp³-hybridized carbons (Fsp3) is 0.700. The summed E-state index contributed by atoms with van der Waals surface area (Å²) in [5.74, 6) is -3.40. The molecule has 6 atom stereocenters. The number of carbonyl (C=O) groups is 2. The van der Waals surface area contributed by atoms with Crippen molar-refractivity contribution in [3.8, 4) is 0 Å². The number of ether oxygens (including phenoxy) is 3. The van der Waals surface area contributed by atoms with Crippen molar-refractivity contribution in [2.24, 2.45) is 11.8 Å². The number of aliphatic hydroxyl groups excluding tert-OH is 1. The molecule has 0 aromatic heterocycles. The van der Waals surface area contributed by atoms with Crippen LogP contribution in [-0.2, 0) is 23.8 Å². The smallest absolute Gasteiger partial charge is 0.334 e. The van der Waals surface area contributed by atoms with Crippen LogP contribution in [-0.4, -0.2) is 52.4 Å². The number of hydrogen-bond acceptors (Lipinski definition) is 7. The van der Waals surface area contributed by atoms with E-state index in [9.17, 15) is 19.8 Å². The molecule has 2 bridgehead atoms. The van der Waals surface area contributed by atoms with Gasteiger partial charge in [0.25, 0.3) is 0 Å². The Labute approximate surface area is 159 Å². The van der Waals surface area contributed by atoms with Gasteiger partial charge in [0, 0.05) is 24.0 Å². The first-order valence-corrected chi connectivity index (χ1v) is 9.47. The molecule has 0 saturated carbocycles. The second-order valence-electron chi connectivity index (χ2n) is 8.10. The minimum atomic E-state index is -1.63. The molecule has 27 heavy (non-hydrogen) atoms. The van der Waals surface area contributed by atoms with Gasteiger partial charge < -0.3 is 24.4 Å². The molecule has 7 nitrogen and oxygen atoms in total. The fourth-order valence-electron chi connectivity index (χ4n) is 4.10. The van der Waals surface area contributed by atoms with Crippen molar-refractivity contribution in [3.05, 3.63) is 23.8 Å². The SMILES string of the molecule is C=C1C(=O)O[C@@H]2/C=C(/CO)[C@@]3(O)CC[C@@](C)(C[C@@H](OC(=O)[C@@H](C)CC)[C@@H]12)O3. The molecule has 2 N–H and O–H groups in total. The van der Waals surface area contributed by atoms with Gasteiger partial charge in [0.1, 0.15) is 12.2 Å². The minimum absolute atomic E-state index is 0.226. The second kappa shape index (κ2) is 7.04. The number of aliphatic hydroxyl groups is 2. The molecular weight excluding hydrogens is 352 g/mol. The van der Waals surface area contributed by atoms with E-state index in [2.05, 4.69) is 6.58 Å². The van der Waals surface area contributed by atoms with Crippen LogP contribution in [0, 0.1) is 11.8 Å². The Bertz CT molecular complexity index is 684. The molecule has 7 heteroatoms. The lowest BCUT2D eigenvalue weighted by Gasteiger charge is -2.33. The van der Waals surface area contributed by atoms with E-state index in [1.54, 1.807) is 6.92 Å². The lowest BCUT2D eigenvalue weighted by Crippen LogP contribution is -2.41. The van der Waals surface area contributed by atoms with E-state index in [0.29, 0.717) is 25.7 Å². The van der Waals surface area contributed by atoms with Crippen molar-refractivity contribution in [2.45, 2.75) is 70.1 Å². The summed E-state index contributed by atoms with van der Waals surface area (Å²) in [5.41, 5.74) is -0.300. The van der Waals surface area contributed by atoms with Crippen LogP contribution in [0.1, 0.15) is 46.5 Å². The molecule has 0 aromatic rings. The second-order valence-corrected chi connectivity index (χ2v) is 8.10. The normalized spacial score (nSPS) is 41.5. The van der Waals surface area contributed by atoms with Gasteiger partial charge in [-0.1, -0.05) is 20.4 Å². The van der Waals surface area contributed by atoms with E-state index in [1.165, 1.54) is 6.08 Å². The predicted octanol–water partition coefficient (Wildman–Crippen LogP) is 1.62. The summed E-state index contributed by atoms with van der Waals surface area (Å²) in [6.07, 6.45) is 1.81. The van der Waals surface area contributed by atoms with Crippen molar-refractivity contribution in [2.75, 3.05) is 6.61 Å². The zero-order valence-corrected chi connectivity index (χ0v) is 16.1. The first kappa shape index (κ1) is 20.0. The van der Waals surface area contributed by atoms with Crippen LogP contribution in [0.25, 0.3) is 0 Å². The van der Waals surface area contributed by atoms with E-state index in [-0.39, 0.29) is 23.0 Å². The quantitative estimate of drug-likeness (QED) is 0.434. The molecule has 3 rings (SSSR count). The molecular formula is C20H28O7. The van der Waals surface area contributed by atoms with Crippen LogP contribution < -0.4 is 0 Å². The summed E-state index contributed by atoms with van der Waals surface area (Å²) < 4.78 is 17.2. The Hall–Kier alpha value is -1.70. The molecule has 2 fully saturated rings. The van der Waals surface area contributed by atoms with Crippen molar-refractivity contribution < 1.29 is 34.0 Å². The van der Waals surface area contributed by atoms with E-state index in [4.69, 9.17) is 14.2 Å². The third kappa shape index (κ3) is 3.56. The zero-order valence-electron chi connectivity index (χ0n) is 16.1. The Morgan fingerprint density at radius 1 is 1.48 bits per heavy atom. The standard InChI is InChI=1S/C20H28O7/c1-5-11(2)17(22)26-15-9-19(4)6-7-20(24,27-19)13(10-21)8-14-16(15)12(3)18(23)25-14/h8,11,14-16,21,24H,3,5-7,9-10H2,1-2,4H3/b13-8-/t11-,14+,15+,16-,19-,20+/m0/s1. The highest BCUT2D eigenvalue weighted by atomic mass is 16.6. The Balaban J connectivity index is 2.03. The fourth-order valence-corrected chi connectivity index (χ4v) is 4.10. The lowest BCUT2D eigenvalue weighted by atomic mass is 9.81. The molecule has 0 radical (unpaired) electrons. The molecule has 0 aliphatic carbocycles. The van der Waals surface area contributed by atoms with Crippen LogP contribution in [0.3, 0.4) is 0 Å². The highest BCUT2D eigenvalue weighted by Gasteiger charge is 2.54. The highest BCUT2D eigenvalue weighted by Crippen LogP contribution is 2.47. The van der Waals surface area contributed by atoms with Crippen LogP contribution in [0.2, 0.25) is 0 Å². The Kier molecular flexibility index (Phi) is 5.22.